The molecule has 0 saturated carbocycles. The summed E-state index contributed by atoms with van der Waals surface area (Å²) >= 11 is 1.46. The van der Waals surface area contributed by atoms with Crippen molar-refractivity contribution in [2.24, 2.45) is 0 Å². The number of thiazole rings is 1. The third kappa shape index (κ3) is 3.50. The van der Waals surface area contributed by atoms with Crippen molar-refractivity contribution in [3.05, 3.63) is 40.4 Å². The molecule has 3 rings (SSSR count). The van der Waals surface area contributed by atoms with Crippen LogP contribution in [0.5, 0.6) is 0 Å². The van der Waals surface area contributed by atoms with E-state index < -0.39 is 15.7 Å². The largest absolute Gasteiger partial charge is 0.298 e. The first-order valence-corrected chi connectivity index (χ1v) is 10.4. The van der Waals surface area contributed by atoms with Gasteiger partial charge >= 0.3 is 0 Å². The van der Waals surface area contributed by atoms with Crippen molar-refractivity contribution in [1.29, 1.82) is 0 Å². The molecule has 1 aromatic carbocycles. The minimum absolute atomic E-state index is 0.0287. The van der Waals surface area contributed by atoms with Crippen LogP contribution in [0.15, 0.2) is 29.2 Å². The molecule has 128 valence electrons. The number of anilines is 1. The summed E-state index contributed by atoms with van der Waals surface area (Å²) in [6, 6.07) is 6.21. The number of aromatic nitrogens is 1. The molecule has 2 aromatic rings. The lowest BCUT2D eigenvalue weighted by atomic mass is 10.2. The van der Waals surface area contributed by atoms with Gasteiger partial charge in [-0.1, -0.05) is 19.1 Å². The number of fused-ring (bicyclic) bond motifs is 1. The summed E-state index contributed by atoms with van der Waals surface area (Å²) in [4.78, 5) is 20.5. The Balaban J connectivity index is 1.83. The normalized spacial score (nSPS) is 15.1. The van der Waals surface area contributed by atoms with Crippen molar-refractivity contribution in [1.82, 2.24) is 9.88 Å². The molecule has 0 spiro atoms. The van der Waals surface area contributed by atoms with Crippen molar-refractivity contribution in [3.63, 3.8) is 0 Å². The van der Waals surface area contributed by atoms with Crippen LogP contribution >= 0.6 is 11.3 Å². The first-order valence-electron chi connectivity index (χ1n) is 7.70. The van der Waals surface area contributed by atoms with Crippen LogP contribution in [-0.2, 0) is 22.8 Å². The highest BCUT2D eigenvalue weighted by Crippen LogP contribution is 2.28. The third-order valence-corrected chi connectivity index (χ3v) is 6.16. The monoisotopic (exact) mass is 365 g/mol. The van der Waals surface area contributed by atoms with Gasteiger partial charge in [0.05, 0.1) is 16.2 Å². The van der Waals surface area contributed by atoms with Crippen LogP contribution in [0.3, 0.4) is 0 Å². The number of likely N-dealkylation sites (N-methyl/N-ethyl adjacent to an activating group) is 1. The second-order valence-electron chi connectivity index (χ2n) is 5.73. The topological polar surface area (TPSA) is 79.4 Å². The minimum atomic E-state index is -3.47. The molecule has 0 unspecified atom stereocenters. The van der Waals surface area contributed by atoms with Gasteiger partial charge < -0.3 is 0 Å². The number of nitrogens with one attached hydrogen (secondary N) is 1. The zero-order valence-corrected chi connectivity index (χ0v) is 15.2. The van der Waals surface area contributed by atoms with Crippen LogP contribution in [0.25, 0.3) is 0 Å². The average molecular weight is 365 g/mol. The Morgan fingerprint density at radius 3 is 2.83 bits per heavy atom. The second kappa shape index (κ2) is 6.62. The fourth-order valence-corrected chi connectivity index (χ4v) is 4.65. The number of hydrogen-bond acceptors (Lipinski definition) is 6. The van der Waals surface area contributed by atoms with Gasteiger partial charge in [-0.3, -0.25) is 15.0 Å². The Morgan fingerprint density at radius 2 is 2.12 bits per heavy atom. The number of amides is 1. The molecule has 6 nitrogen and oxygen atoms in total. The molecular weight excluding hydrogens is 346 g/mol. The van der Waals surface area contributed by atoms with Crippen molar-refractivity contribution in [2.45, 2.75) is 24.8 Å². The number of carbonyl (C=O) groups excluding carboxylic acids is 1. The van der Waals surface area contributed by atoms with Crippen LogP contribution in [0, 0.1) is 0 Å². The number of carbonyl (C=O) groups is 1. The van der Waals surface area contributed by atoms with Crippen LogP contribution in [0.2, 0.25) is 0 Å². The third-order valence-electron chi connectivity index (χ3n) is 4.01. The summed E-state index contributed by atoms with van der Waals surface area (Å²) in [5.74, 6) is -0.450. The van der Waals surface area contributed by atoms with Gasteiger partial charge in [-0.15, -0.1) is 11.3 Å². The van der Waals surface area contributed by atoms with E-state index in [4.69, 9.17) is 0 Å². The van der Waals surface area contributed by atoms with Gasteiger partial charge in [-0.2, -0.15) is 0 Å². The fraction of sp³-hybridized carbons (Fsp3) is 0.375. The Kier molecular flexibility index (Phi) is 4.71. The highest BCUT2D eigenvalue weighted by atomic mass is 32.2. The van der Waals surface area contributed by atoms with Gasteiger partial charge in [0.1, 0.15) is 0 Å². The Hall–Kier alpha value is -1.77. The number of nitrogens with zero attached hydrogens (tertiary/aromatic N) is 2. The number of sulfone groups is 1. The molecule has 1 N–H and O–H groups in total. The molecule has 0 bridgehead atoms. The molecule has 1 aliphatic rings. The summed E-state index contributed by atoms with van der Waals surface area (Å²) in [5.41, 5.74) is 1.17. The minimum Gasteiger partial charge on any atom is -0.298 e. The molecule has 1 aromatic heterocycles. The summed E-state index contributed by atoms with van der Waals surface area (Å²) in [6.07, 6.45) is 1.97. The molecule has 0 atom stereocenters. The standard InChI is InChI=1S/C16H19N3O3S2/c1-3-19-9-8-12-13(10-19)23-16(17-12)18-15(20)11-6-4-5-7-14(11)24(2,21)22/h4-7H,3,8-10H2,1-2H3,(H,17,18,20). The van der Waals surface area contributed by atoms with Gasteiger partial charge in [-0.25, -0.2) is 13.4 Å². The van der Waals surface area contributed by atoms with Gasteiger partial charge in [0.15, 0.2) is 15.0 Å². The maximum absolute atomic E-state index is 12.5. The number of rotatable bonds is 4. The molecule has 8 heteroatoms. The van der Waals surface area contributed by atoms with Gasteiger partial charge in [0, 0.05) is 30.6 Å². The molecule has 1 aliphatic heterocycles. The van der Waals surface area contributed by atoms with E-state index in [2.05, 4.69) is 22.1 Å². The van der Waals surface area contributed by atoms with Crippen LogP contribution in [0.1, 0.15) is 27.9 Å². The highest BCUT2D eigenvalue weighted by Gasteiger charge is 2.22. The molecule has 0 aliphatic carbocycles. The Labute approximate surface area is 145 Å². The Bertz CT molecular complexity index is 874. The van der Waals surface area contributed by atoms with E-state index in [9.17, 15) is 13.2 Å². The molecule has 1 amide bonds. The van der Waals surface area contributed by atoms with Crippen molar-refractivity contribution in [3.8, 4) is 0 Å². The van der Waals surface area contributed by atoms with E-state index in [1.165, 1.54) is 23.5 Å². The van der Waals surface area contributed by atoms with Gasteiger partial charge in [0.2, 0.25) is 0 Å². The van der Waals surface area contributed by atoms with E-state index in [1.807, 2.05) is 0 Å². The Morgan fingerprint density at radius 1 is 1.38 bits per heavy atom. The summed E-state index contributed by atoms with van der Waals surface area (Å²) in [7, 11) is -3.47. The van der Waals surface area contributed by atoms with Crippen molar-refractivity contribution < 1.29 is 13.2 Å². The molecule has 0 radical (unpaired) electrons. The lowest BCUT2D eigenvalue weighted by Crippen LogP contribution is -2.29. The van der Waals surface area contributed by atoms with Crippen LogP contribution in [0.4, 0.5) is 5.13 Å². The lowest BCUT2D eigenvalue weighted by Gasteiger charge is -2.23. The lowest BCUT2D eigenvalue weighted by molar-refractivity contribution is 0.102. The maximum Gasteiger partial charge on any atom is 0.258 e. The zero-order valence-electron chi connectivity index (χ0n) is 13.6. The SMILES string of the molecule is CCN1CCc2nc(NC(=O)c3ccccc3S(C)(=O)=O)sc2C1. The van der Waals surface area contributed by atoms with E-state index in [1.54, 1.807) is 12.1 Å². The molecular formula is C16H19N3O3S2. The maximum atomic E-state index is 12.5. The predicted octanol–water partition coefficient (Wildman–Crippen LogP) is 2.18. The second-order valence-corrected chi connectivity index (χ2v) is 8.80. The average Bonchev–Trinajstić information content (AvgIpc) is 2.95. The van der Waals surface area contributed by atoms with Crippen LogP contribution < -0.4 is 5.32 Å². The number of hydrogen-bond donors (Lipinski definition) is 1. The number of benzene rings is 1. The van der Waals surface area contributed by atoms with E-state index >= 15 is 0 Å². The summed E-state index contributed by atoms with van der Waals surface area (Å²) < 4.78 is 23.7. The van der Waals surface area contributed by atoms with E-state index in [-0.39, 0.29) is 10.5 Å². The highest BCUT2D eigenvalue weighted by molar-refractivity contribution is 7.90. The quantitative estimate of drug-likeness (QED) is 0.898. The van der Waals surface area contributed by atoms with E-state index in [0.717, 1.165) is 42.9 Å². The van der Waals surface area contributed by atoms with Crippen molar-refractivity contribution >= 4 is 32.2 Å². The van der Waals surface area contributed by atoms with Crippen molar-refractivity contribution in [2.75, 3.05) is 24.7 Å². The summed E-state index contributed by atoms with van der Waals surface area (Å²) in [5, 5.41) is 3.27. The molecule has 0 saturated heterocycles. The smallest absolute Gasteiger partial charge is 0.258 e. The molecule has 2 heterocycles. The zero-order chi connectivity index (χ0) is 17.3. The van der Waals surface area contributed by atoms with Gasteiger partial charge in [-0.05, 0) is 18.7 Å². The first kappa shape index (κ1) is 17.1. The predicted molar refractivity (Wildman–Crippen MR) is 94.3 cm³/mol. The summed E-state index contributed by atoms with van der Waals surface area (Å²) in [6.45, 7) is 4.93. The van der Waals surface area contributed by atoms with Gasteiger partial charge in [0.25, 0.3) is 5.91 Å². The fourth-order valence-electron chi connectivity index (χ4n) is 2.71. The van der Waals surface area contributed by atoms with Crippen LogP contribution in [-0.4, -0.2) is 43.6 Å². The molecule has 0 fully saturated rings. The van der Waals surface area contributed by atoms with E-state index in [0.29, 0.717) is 5.13 Å². The molecule has 24 heavy (non-hydrogen) atoms. The first-order chi connectivity index (χ1) is 11.4.